The summed E-state index contributed by atoms with van der Waals surface area (Å²) in [7, 11) is 0. The van der Waals surface area contributed by atoms with E-state index < -0.39 is 11.6 Å². The monoisotopic (exact) mass is 336 g/mol. The van der Waals surface area contributed by atoms with Gasteiger partial charge in [-0.3, -0.25) is 4.79 Å². The van der Waals surface area contributed by atoms with E-state index >= 15 is 0 Å². The van der Waals surface area contributed by atoms with Gasteiger partial charge < -0.3 is 24.1 Å². The Morgan fingerprint density at radius 2 is 1.96 bits per heavy atom. The maximum Gasteiger partial charge on any atom is 0.383 e. The van der Waals surface area contributed by atoms with E-state index in [-0.39, 0.29) is 35.5 Å². The van der Waals surface area contributed by atoms with Crippen LogP contribution in [0, 0.1) is 0 Å². The lowest BCUT2D eigenvalue weighted by molar-refractivity contribution is -0.137. The summed E-state index contributed by atoms with van der Waals surface area (Å²) < 4.78 is 16.0. The second-order valence-electron chi connectivity index (χ2n) is 5.24. The lowest BCUT2D eigenvalue weighted by Gasteiger charge is -2.12. The standard InChI is InChI=1S/C17H20O7/c1-2-3-9-23-16-15(20)14-11(22-10-5-8-13(18)19)6-4-7-12(14)24-17(16)21/h4,6-7,20H,2-3,5,8-10H2,1H3,(H,18,19). The Kier molecular flexibility index (Phi) is 6.06. The number of rotatable bonds is 9. The van der Waals surface area contributed by atoms with Gasteiger partial charge in [0.2, 0.25) is 5.75 Å². The Bertz CT molecular complexity index is 763. The number of benzene rings is 1. The van der Waals surface area contributed by atoms with Crippen molar-refractivity contribution in [2.24, 2.45) is 0 Å². The summed E-state index contributed by atoms with van der Waals surface area (Å²) in [6.45, 7) is 2.44. The first kappa shape index (κ1) is 17.7. The van der Waals surface area contributed by atoms with Gasteiger partial charge in [-0.15, -0.1) is 0 Å². The number of ether oxygens (including phenoxy) is 2. The maximum atomic E-state index is 11.9. The third-order valence-corrected chi connectivity index (χ3v) is 3.36. The number of carboxylic acid groups (broad SMARTS) is 1. The molecule has 0 atom stereocenters. The van der Waals surface area contributed by atoms with E-state index in [9.17, 15) is 14.7 Å². The molecule has 0 bridgehead atoms. The number of carboxylic acids is 1. The molecule has 2 rings (SSSR count). The molecule has 24 heavy (non-hydrogen) atoms. The second kappa shape index (κ2) is 8.24. The lowest BCUT2D eigenvalue weighted by Crippen LogP contribution is -2.09. The quantitative estimate of drug-likeness (QED) is 0.535. The molecule has 0 aliphatic rings. The smallest absolute Gasteiger partial charge is 0.383 e. The van der Waals surface area contributed by atoms with Gasteiger partial charge in [0.15, 0.2) is 5.75 Å². The first-order valence-corrected chi connectivity index (χ1v) is 7.80. The third kappa shape index (κ3) is 4.18. The molecule has 0 aliphatic carbocycles. The van der Waals surface area contributed by atoms with Crippen LogP contribution in [-0.4, -0.2) is 29.4 Å². The topological polar surface area (TPSA) is 106 Å². The maximum absolute atomic E-state index is 11.9. The number of aromatic hydroxyl groups is 1. The molecule has 7 nitrogen and oxygen atoms in total. The molecule has 1 aromatic carbocycles. The fourth-order valence-electron chi connectivity index (χ4n) is 2.16. The highest BCUT2D eigenvalue weighted by Crippen LogP contribution is 2.37. The van der Waals surface area contributed by atoms with E-state index in [1.807, 2.05) is 6.92 Å². The molecule has 0 aliphatic heterocycles. The second-order valence-corrected chi connectivity index (χ2v) is 5.24. The number of fused-ring (bicyclic) bond motifs is 1. The highest BCUT2D eigenvalue weighted by atomic mass is 16.5. The van der Waals surface area contributed by atoms with Crippen LogP contribution < -0.4 is 15.1 Å². The van der Waals surface area contributed by atoms with Crippen molar-refractivity contribution in [3.8, 4) is 17.2 Å². The van der Waals surface area contributed by atoms with Crippen LogP contribution in [0.25, 0.3) is 11.0 Å². The van der Waals surface area contributed by atoms with Crippen molar-refractivity contribution >= 4 is 16.9 Å². The van der Waals surface area contributed by atoms with E-state index in [1.165, 1.54) is 6.07 Å². The van der Waals surface area contributed by atoms with Crippen molar-refractivity contribution in [2.45, 2.75) is 32.6 Å². The molecule has 0 amide bonds. The summed E-state index contributed by atoms with van der Waals surface area (Å²) in [6, 6.07) is 4.77. The summed E-state index contributed by atoms with van der Waals surface area (Å²) in [5, 5.41) is 19.3. The van der Waals surface area contributed by atoms with E-state index in [2.05, 4.69) is 0 Å². The van der Waals surface area contributed by atoms with Crippen molar-refractivity contribution in [1.82, 2.24) is 0 Å². The average Bonchev–Trinajstić information content (AvgIpc) is 2.54. The van der Waals surface area contributed by atoms with Crippen LogP contribution >= 0.6 is 0 Å². The zero-order valence-corrected chi connectivity index (χ0v) is 13.4. The van der Waals surface area contributed by atoms with E-state index in [4.69, 9.17) is 19.0 Å². The van der Waals surface area contributed by atoms with Gasteiger partial charge in [-0.1, -0.05) is 19.4 Å². The van der Waals surface area contributed by atoms with Crippen LogP contribution in [-0.2, 0) is 4.79 Å². The fourth-order valence-corrected chi connectivity index (χ4v) is 2.16. The Morgan fingerprint density at radius 3 is 2.67 bits per heavy atom. The number of aliphatic carboxylic acids is 1. The molecule has 0 spiro atoms. The number of unbranched alkanes of at least 4 members (excludes halogenated alkanes) is 1. The van der Waals surface area contributed by atoms with Gasteiger partial charge in [0, 0.05) is 6.42 Å². The zero-order valence-electron chi connectivity index (χ0n) is 13.4. The number of hydrogen-bond donors (Lipinski definition) is 2. The molecule has 2 aromatic rings. The Hall–Kier alpha value is -2.70. The molecular weight excluding hydrogens is 316 g/mol. The Morgan fingerprint density at radius 1 is 1.21 bits per heavy atom. The molecule has 1 aromatic heterocycles. The van der Waals surface area contributed by atoms with Gasteiger partial charge >= 0.3 is 11.6 Å². The number of hydrogen-bond acceptors (Lipinski definition) is 6. The normalized spacial score (nSPS) is 10.7. The minimum absolute atomic E-state index is 0.0167. The largest absolute Gasteiger partial charge is 0.503 e. The third-order valence-electron chi connectivity index (χ3n) is 3.36. The summed E-state index contributed by atoms with van der Waals surface area (Å²) >= 11 is 0. The van der Waals surface area contributed by atoms with Gasteiger partial charge in [0.1, 0.15) is 16.7 Å². The van der Waals surface area contributed by atoms with Crippen molar-refractivity contribution in [3.63, 3.8) is 0 Å². The molecule has 0 radical (unpaired) electrons. The van der Waals surface area contributed by atoms with Crippen molar-refractivity contribution in [3.05, 3.63) is 28.6 Å². The Labute approximate surface area is 138 Å². The number of carbonyl (C=O) groups is 1. The summed E-state index contributed by atoms with van der Waals surface area (Å²) in [5.74, 6) is -1.17. The van der Waals surface area contributed by atoms with Crippen LogP contribution in [0.4, 0.5) is 0 Å². The predicted molar refractivity (Wildman–Crippen MR) is 86.9 cm³/mol. The molecule has 130 valence electrons. The van der Waals surface area contributed by atoms with Crippen LogP contribution in [0.5, 0.6) is 17.2 Å². The van der Waals surface area contributed by atoms with E-state index in [1.54, 1.807) is 12.1 Å². The van der Waals surface area contributed by atoms with Gasteiger partial charge in [0.05, 0.1) is 13.2 Å². The van der Waals surface area contributed by atoms with Crippen molar-refractivity contribution in [1.29, 1.82) is 0 Å². The van der Waals surface area contributed by atoms with E-state index in [0.717, 1.165) is 12.8 Å². The zero-order chi connectivity index (χ0) is 17.5. The average molecular weight is 336 g/mol. The summed E-state index contributed by atoms with van der Waals surface area (Å²) in [4.78, 5) is 22.5. The van der Waals surface area contributed by atoms with Gasteiger partial charge in [0.25, 0.3) is 0 Å². The molecule has 0 saturated carbocycles. The molecule has 0 unspecified atom stereocenters. The van der Waals surface area contributed by atoms with Crippen LogP contribution in [0.2, 0.25) is 0 Å². The van der Waals surface area contributed by atoms with Gasteiger partial charge in [-0.05, 0) is 25.0 Å². The van der Waals surface area contributed by atoms with Gasteiger partial charge in [-0.2, -0.15) is 0 Å². The first-order valence-electron chi connectivity index (χ1n) is 7.80. The van der Waals surface area contributed by atoms with Gasteiger partial charge in [-0.25, -0.2) is 4.79 Å². The predicted octanol–water partition coefficient (Wildman–Crippen LogP) is 2.92. The van der Waals surface area contributed by atoms with Crippen molar-refractivity contribution in [2.75, 3.05) is 13.2 Å². The fraction of sp³-hybridized carbons (Fsp3) is 0.412. The molecule has 7 heteroatoms. The molecule has 1 heterocycles. The Balaban J connectivity index is 2.29. The summed E-state index contributed by atoms with van der Waals surface area (Å²) in [6.07, 6.45) is 1.93. The van der Waals surface area contributed by atoms with E-state index in [0.29, 0.717) is 18.8 Å². The molecule has 0 fully saturated rings. The highest BCUT2D eigenvalue weighted by Gasteiger charge is 2.18. The molecule has 2 N–H and O–H groups in total. The summed E-state index contributed by atoms with van der Waals surface area (Å²) in [5.41, 5.74) is -0.574. The van der Waals surface area contributed by atoms with Crippen LogP contribution in [0.15, 0.2) is 27.4 Å². The lowest BCUT2D eigenvalue weighted by atomic mass is 10.2. The molecular formula is C17H20O7. The minimum Gasteiger partial charge on any atom is -0.503 e. The molecule has 0 saturated heterocycles. The van der Waals surface area contributed by atoms with Crippen molar-refractivity contribution < 1.29 is 28.9 Å². The van der Waals surface area contributed by atoms with Crippen LogP contribution in [0.1, 0.15) is 32.6 Å². The SMILES string of the molecule is CCCCOc1c(O)c2c(OCCCC(=O)O)cccc2oc1=O. The minimum atomic E-state index is -0.906. The van der Waals surface area contributed by atoms with Crippen LogP contribution in [0.3, 0.4) is 0 Å². The first-order chi connectivity index (χ1) is 11.5. The highest BCUT2D eigenvalue weighted by molar-refractivity contribution is 5.91.